The normalized spacial score (nSPS) is 19.8. The summed E-state index contributed by atoms with van der Waals surface area (Å²) in [6.07, 6.45) is 0. The van der Waals surface area contributed by atoms with E-state index in [-0.39, 0.29) is 0 Å². The molecule has 2 aromatic rings. The lowest BCUT2D eigenvalue weighted by atomic mass is 9.92. The van der Waals surface area contributed by atoms with Crippen molar-refractivity contribution < 1.29 is 14.3 Å². The number of amides is 3. The van der Waals surface area contributed by atoms with E-state index in [1.165, 1.54) is 19.2 Å². The maximum Gasteiger partial charge on any atom is 0.329 e. The summed E-state index contributed by atoms with van der Waals surface area (Å²) in [4.78, 5) is 26.4. The van der Waals surface area contributed by atoms with Crippen LogP contribution in [0.2, 0.25) is 0 Å². The maximum absolute atomic E-state index is 12.9. The van der Waals surface area contributed by atoms with E-state index in [0.717, 1.165) is 4.90 Å². The number of urea groups is 1. The van der Waals surface area contributed by atoms with Gasteiger partial charge < -0.3 is 10.1 Å². The molecule has 1 N–H and O–H groups in total. The summed E-state index contributed by atoms with van der Waals surface area (Å²) in [5, 5.41) is 11.8. The second kappa shape index (κ2) is 5.70. The molecule has 1 radical (unpaired) electrons. The second-order valence-electron chi connectivity index (χ2n) is 5.48. The van der Waals surface area contributed by atoms with Crippen molar-refractivity contribution in [2.24, 2.45) is 0 Å². The molecule has 3 amide bonds. The molecular weight excluding hydrogens is 306 g/mol. The van der Waals surface area contributed by atoms with Crippen molar-refractivity contribution in [1.29, 1.82) is 5.26 Å². The number of carbonyl (C=O) groups excluding carboxylic acids is 2. The minimum absolute atomic E-state index is 0.304. The Bertz CT molecular complexity index is 858. The number of anilines is 1. The highest BCUT2D eigenvalue weighted by Gasteiger charge is 2.49. The molecule has 3 rings (SSSR count). The van der Waals surface area contributed by atoms with Crippen LogP contribution in [0.15, 0.2) is 42.5 Å². The van der Waals surface area contributed by atoms with Crippen LogP contribution in [0.5, 0.6) is 5.75 Å². The smallest absolute Gasteiger partial charge is 0.329 e. The zero-order valence-corrected chi connectivity index (χ0v) is 13.2. The Morgan fingerprint density at radius 3 is 2.58 bits per heavy atom. The van der Waals surface area contributed by atoms with E-state index in [9.17, 15) is 9.59 Å². The summed E-state index contributed by atoms with van der Waals surface area (Å²) in [5.41, 5.74) is 0.185. The van der Waals surface area contributed by atoms with Gasteiger partial charge in [0.25, 0.3) is 5.91 Å². The molecular formula is C18H14N3O3. The summed E-state index contributed by atoms with van der Waals surface area (Å²) < 4.78 is 5.15. The number of nitrogens with one attached hydrogen (secondary N) is 1. The highest BCUT2D eigenvalue weighted by atomic mass is 16.5. The molecule has 24 heavy (non-hydrogen) atoms. The van der Waals surface area contributed by atoms with E-state index in [2.05, 4.69) is 11.4 Å². The summed E-state index contributed by atoms with van der Waals surface area (Å²) in [6, 6.07) is 15.8. The van der Waals surface area contributed by atoms with Gasteiger partial charge in [0, 0.05) is 6.07 Å². The molecule has 0 spiro atoms. The van der Waals surface area contributed by atoms with Crippen molar-refractivity contribution in [3.05, 3.63) is 59.7 Å². The monoisotopic (exact) mass is 320 g/mol. The molecule has 1 atom stereocenters. The highest BCUT2D eigenvalue weighted by molar-refractivity contribution is 6.23. The van der Waals surface area contributed by atoms with Crippen LogP contribution < -0.4 is 15.0 Å². The quantitative estimate of drug-likeness (QED) is 0.880. The molecule has 6 heteroatoms. The van der Waals surface area contributed by atoms with Gasteiger partial charge in [-0.25, -0.2) is 9.69 Å². The lowest BCUT2D eigenvalue weighted by molar-refractivity contribution is -0.121. The molecule has 2 aromatic carbocycles. The van der Waals surface area contributed by atoms with E-state index in [0.29, 0.717) is 22.6 Å². The highest BCUT2D eigenvalue weighted by Crippen LogP contribution is 2.34. The Balaban J connectivity index is 2.03. The van der Waals surface area contributed by atoms with E-state index in [4.69, 9.17) is 10.00 Å². The first-order valence-corrected chi connectivity index (χ1v) is 7.22. The van der Waals surface area contributed by atoms with Gasteiger partial charge in [-0.1, -0.05) is 24.3 Å². The van der Waals surface area contributed by atoms with Crippen LogP contribution in [0.1, 0.15) is 18.1 Å². The molecule has 6 nitrogen and oxygen atoms in total. The molecule has 119 valence electrons. The number of ether oxygens (including phenoxy) is 1. The van der Waals surface area contributed by atoms with E-state index < -0.39 is 17.5 Å². The first-order valence-electron chi connectivity index (χ1n) is 7.22. The third-order valence-corrected chi connectivity index (χ3v) is 4.05. The fourth-order valence-corrected chi connectivity index (χ4v) is 2.70. The number of nitrogens with zero attached hydrogens (tertiary/aromatic N) is 2. The third kappa shape index (κ3) is 2.27. The molecule has 1 aliphatic rings. The fourth-order valence-electron chi connectivity index (χ4n) is 2.70. The second-order valence-corrected chi connectivity index (χ2v) is 5.48. The van der Waals surface area contributed by atoms with Crippen molar-refractivity contribution >= 4 is 17.6 Å². The number of methoxy groups -OCH3 is 1. The average molecular weight is 320 g/mol. The molecule has 1 aliphatic heterocycles. The van der Waals surface area contributed by atoms with E-state index in [1.54, 1.807) is 37.3 Å². The molecule has 0 aliphatic carbocycles. The minimum atomic E-state index is -1.16. The fraction of sp³-hybridized carbons (Fsp3) is 0.167. The lowest BCUT2D eigenvalue weighted by Gasteiger charge is -2.22. The number of hydrogen-bond donors (Lipinski definition) is 1. The van der Waals surface area contributed by atoms with E-state index in [1.807, 2.05) is 6.07 Å². The number of imide groups is 1. The van der Waals surface area contributed by atoms with Crippen LogP contribution >= 0.6 is 0 Å². The molecule has 1 saturated heterocycles. The van der Waals surface area contributed by atoms with Crippen molar-refractivity contribution in [3.8, 4) is 11.8 Å². The van der Waals surface area contributed by atoms with Crippen LogP contribution in [0, 0.1) is 17.4 Å². The molecule has 1 unspecified atom stereocenters. The number of nitriles is 1. The Labute approximate surface area is 139 Å². The van der Waals surface area contributed by atoms with Crippen LogP contribution in [0.4, 0.5) is 10.5 Å². The van der Waals surface area contributed by atoms with Crippen LogP contribution in [-0.4, -0.2) is 19.0 Å². The Morgan fingerprint density at radius 1 is 1.25 bits per heavy atom. The Kier molecular flexibility index (Phi) is 3.70. The predicted octanol–water partition coefficient (Wildman–Crippen LogP) is 2.34. The number of carbonyl (C=O) groups is 2. The van der Waals surface area contributed by atoms with Crippen LogP contribution in [0.3, 0.4) is 0 Å². The van der Waals surface area contributed by atoms with Gasteiger partial charge in [0.05, 0.1) is 18.4 Å². The van der Waals surface area contributed by atoms with Gasteiger partial charge in [0.2, 0.25) is 0 Å². The zero-order valence-electron chi connectivity index (χ0n) is 13.2. The number of hydrogen-bond acceptors (Lipinski definition) is 4. The van der Waals surface area contributed by atoms with Crippen molar-refractivity contribution in [2.75, 3.05) is 12.0 Å². The SMILES string of the molecule is COc1cc(N2C(=O)NC(C)(c3cc[c]cc3)C2=O)ccc1C#N. The molecule has 0 bridgehead atoms. The van der Waals surface area contributed by atoms with Gasteiger partial charge in [0.1, 0.15) is 17.4 Å². The summed E-state index contributed by atoms with van der Waals surface area (Å²) in [6.45, 7) is 1.66. The molecule has 0 aromatic heterocycles. The largest absolute Gasteiger partial charge is 0.495 e. The van der Waals surface area contributed by atoms with Gasteiger partial charge in [-0.2, -0.15) is 5.26 Å². The van der Waals surface area contributed by atoms with Crippen molar-refractivity contribution in [3.63, 3.8) is 0 Å². The summed E-state index contributed by atoms with van der Waals surface area (Å²) in [7, 11) is 1.43. The van der Waals surface area contributed by atoms with Gasteiger partial charge >= 0.3 is 6.03 Å². The van der Waals surface area contributed by atoms with Gasteiger partial charge in [0.15, 0.2) is 0 Å². The number of rotatable bonds is 3. The third-order valence-electron chi connectivity index (χ3n) is 4.05. The summed E-state index contributed by atoms with van der Waals surface area (Å²) >= 11 is 0. The predicted molar refractivity (Wildman–Crippen MR) is 86.4 cm³/mol. The average Bonchev–Trinajstić information content (AvgIpc) is 2.85. The summed E-state index contributed by atoms with van der Waals surface area (Å²) in [5.74, 6) is -0.0935. The first-order chi connectivity index (χ1) is 11.5. The Morgan fingerprint density at radius 2 is 1.96 bits per heavy atom. The standard InChI is InChI=1S/C18H14N3O3/c1-18(13-6-4-3-5-7-13)16(22)21(17(23)20-18)14-9-8-12(11-19)15(10-14)24-2/h4-10H,1-2H3,(H,20,23). The van der Waals surface area contributed by atoms with Crippen LogP contribution in [-0.2, 0) is 10.3 Å². The first kappa shape index (κ1) is 15.6. The van der Waals surface area contributed by atoms with Crippen molar-refractivity contribution in [1.82, 2.24) is 5.32 Å². The van der Waals surface area contributed by atoms with Gasteiger partial charge in [-0.3, -0.25) is 4.79 Å². The topological polar surface area (TPSA) is 82.4 Å². The molecule has 1 fully saturated rings. The maximum atomic E-state index is 12.9. The Hall–Kier alpha value is -3.33. The lowest BCUT2D eigenvalue weighted by Crippen LogP contribution is -2.40. The van der Waals surface area contributed by atoms with Crippen molar-refractivity contribution in [2.45, 2.75) is 12.5 Å². The molecule has 0 saturated carbocycles. The van der Waals surface area contributed by atoms with Gasteiger partial charge in [-0.05, 0) is 30.7 Å². The van der Waals surface area contributed by atoms with E-state index >= 15 is 0 Å². The van der Waals surface area contributed by atoms with Gasteiger partial charge in [-0.15, -0.1) is 0 Å². The number of benzene rings is 2. The minimum Gasteiger partial charge on any atom is -0.495 e. The van der Waals surface area contributed by atoms with Crippen LogP contribution in [0.25, 0.3) is 0 Å². The zero-order chi connectivity index (χ0) is 17.3. The molecule has 1 heterocycles.